The van der Waals surface area contributed by atoms with E-state index in [1.165, 1.54) is 0 Å². The Hall–Kier alpha value is -1.34. The van der Waals surface area contributed by atoms with Crippen LogP contribution in [0.25, 0.3) is 10.8 Å². The molecule has 2 aromatic carbocycles. The van der Waals surface area contributed by atoms with Gasteiger partial charge in [-0.25, -0.2) is 8.42 Å². The smallest absolute Gasteiger partial charge is 0.243 e. The predicted octanol–water partition coefficient (Wildman–Crippen LogP) is 2.64. The molecule has 0 spiro atoms. The third-order valence-corrected chi connectivity index (χ3v) is 6.02. The summed E-state index contributed by atoms with van der Waals surface area (Å²) in [6.45, 7) is 6.12. The van der Waals surface area contributed by atoms with Gasteiger partial charge in [0.1, 0.15) is 5.75 Å². The SMILES string of the molecule is CCOc1ccc(S(=O)(=O)N2CCNC(C)C2)c2ccccc12.Cl. The molecule has 132 valence electrons. The van der Waals surface area contributed by atoms with Gasteiger partial charge in [0.2, 0.25) is 10.0 Å². The van der Waals surface area contributed by atoms with E-state index in [4.69, 9.17) is 4.74 Å². The fourth-order valence-electron chi connectivity index (χ4n) is 3.00. The van der Waals surface area contributed by atoms with E-state index in [9.17, 15) is 8.42 Å². The maximum Gasteiger partial charge on any atom is 0.243 e. The lowest BCUT2D eigenvalue weighted by Crippen LogP contribution is -2.51. The zero-order valence-corrected chi connectivity index (χ0v) is 15.5. The average Bonchev–Trinajstić information content (AvgIpc) is 2.55. The van der Waals surface area contributed by atoms with Crippen LogP contribution in [0.5, 0.6) is 5.75 Å². The number of fused-ring (bicyclic) bond motifs is 1. The number of sulfonamides is 1. The summed E-state index contributed by atoms with van der Waals surface area (Å²) in [6, 6.07) is 11.1. The van der Waals surface area contributed by atoms with E-state index in [-0.39, 0.29) is 18.4 Å². The van der Waals surface area contributed by atoms with Crippen LogP contribution in [0.15, 0.2) is 41.3 Å². The van der Waals surface area contributed by atoms with Crippen molar-refractivity contribution >= 4 is 33.2 Å². The highest BCUT2D eigenvalue weighted by molar-refractivity contribution is 7.89. The van der Waals surface area contributed by atoms with Crippen molar-refractivity contribution in [3.63, 3.8) is 0 Å². The lowest BCUT2D eigenvalue weighted by molar-refractivity contribution is 0.310. The van der Waals surface area contributed by atoms with Crippen LogP contribution < -0.4 is 10.1 Å². The molecule has 0 aliphatic carbocycles. The van der Waals surface area contributed by atoms with Crippen LogP contribution in [0.1, 0.15) is 13.8 Å². The van der Waals surface area contributed by atoms with Crippen molar-refractivity contribution in [1.29, 1.82) is 0 Å². The molecule has 1 heterocycles. The molecular weight excluding hydrogens is 348 g/mol. The van der Waals surface area contributed by atoms with Gasteiger partial charge in [-0.3, -0.25) is 0 Å². The van der Waals surface area contributed by atoms with Gasteiger partial charge in [-0.05, 0) is 26.0 Å². The quantitative estimate of drug-likeness (QED) is 0.898. The number of rotatable bonds is 4. The summed E-state index contributed by atoms with van der Waals surface area (Å²) in [5.74, 6) is 0.718. The van der Waals surface area contributed by atoms with Gasteiger partial charge in [-0.1, -0.05) is 24.3 Å². The average molecular weight is 371 g/mol. The van der Waals surface area contributed by atoms with E-state index in [1.54, 1.807) is 16.4 Å². The predicted molar refractivity (Wildman–Crippen MR) is 98.6 cm³/mol. The van der Waals surface area contributed by atoms with Crippen LogP contribution in [0.4, 0.5) is 0 Å². The summed E-state index contributed by atoms with van der Waals surface area (Å²) in [5, 5.41) is 4.82. The molecule has 0 amide bonds. The monoisotopic (exact) mass is 370 g/mol. The second-order valence-corrected chi connectivity index (χ2v) is 7.67. The maximum atomic E-state index is 13.1. The van der Waals surface area contributed by atoms with Gasteiger partial charge in [-0.2, -0.15) is 4.31 Å². The van der Waals surface area contributed by atoms with Crippen LogP contribution in [-0.4, -0.2) is 45.0 Å². The second kappa shape index (κ2) is 7.70. The Morgan fingerprint density at radius 3 is 2.58 bits per heavy atom. The molecule has 1 fully saturated rings. The minimum Gasteiger partial charge on any atom is -0.493 e. The van der Waals surface area contributed by atoms with Crippen molar-refractivity contribution in [2.45, 2.75) is 24.8 Å². The highest BCUT2D eigenvalue weighted by Crippen LogP contribution is 2.32. The Balaban J connectivity index is 0.00000208. The maximum absolute atomic E-state index is 13.1. The van der Waals surface area contributed by atoms with Gasteiger partial charge >= 0.3 is 0 Å². The van der Waals surface area contributed by atoms with Crippen molar-refractivity contribution in [3.05, 3.63) is 36.4 Å². The molecule has 3 rings (SSSR count). The van der Waals surface area contributed by atoms with Crippen molar-refractivity contribution in [2.75, 3.05) is 26.2 Å². The van der Waals surface area contributed by atoms with E-state index >= 15 is 0 Å². The molecule has 0 bridgehead atoms. The number of benzene rings is 2. The molecule has 5 nitrogen and oxygen atoms in total. The Kier molecular flexibility index (Phi) is 6.09. The molecule has 1 aliphatic rings. The van der Waals surface area contributed by atoms with E-state index in [2.05, 4.69) is 5.32 Å². The zero-order valence-electron chi connectivity index (χ0n) is 13.9. The van der Waals surface area contributed by atoms with Crippen LogP contribution >= 0.6 is 12.4 Å². The lowest BCUT2D eigenvalue weighted by atomic mass is 10.1. The number of nitrogens with zero attached hydrogens (tertiary/aromatic N) is 1. The van der Waals surface area contributed by atoms with E-state index in [0.29, 0.717) is 36.5 Å². The molecule has 0 aromatic heterocycles. The minimum atomic E-state index is -3.52. The summed E-state index contributed by atoms with van der Waals surface area (Å²) in [7, 11) is -3.52. The summed E-state index contributed by atoms with van der Waals surface area (Å²) in [4.78, 5) is 0.352. The highest BCUT2D eigenvalue weighted by atomic mass is 35.5. The van der Waals surface area contributed by atoms with Crippen LogP contribution in [-0.2, 0) is 10.0 Å². The Morgan fingerprint density at radius 2 is 1.92 bits per heavy atom. The van der Waals surface area contributed by atoms with E-state index in [1.807, 2.05) is 38.1 Å². The minimum absolute atomic E-state index is 0. The van der Waals surface area contributed by atoms with Crippen molar-refractivity contribution < 1.29 is 13.2 Å². The van der Waals surface area contributed by atoms with Gasteiger partial charge in [0.15, 0.2) is 0 Å². The number of piperazine rings is 1. The topological polar surface area (TPSA) is 58.6 Å². The molecule has 0 saturated carbocycles. The Bertz CT molecular complexity index is 811. The van der Waals surface area contributed by atoms with Crippen molar-refractivity contribution in [3.8, 4) is 5.75 Å². The molecule has 24 heavy (non-hydrogen) atoms. The number of hydrogen-bond donors (Lipinski definition) is 1. The van der Waals surface area contributed by atoms with Gasteiger partial charge in [-0.15, -0.1) is 12.4 Å². The fraction of sp³-hybridized carbons (Fsp3) is 0.412. The van der Waals surface area contributed by atoms with Gasteiger partial charge < -0.3 is 10.1 Å². The molecular formula is C17H23ClN2O3S. The van der Waals surface area contributed by atoms with Gasteiger partial charge in [0.25, 0.3) is 0 Å². The number of halogens is 1. The van der Waals surface area contributed by atoms with E-state index < -0.39 is 10.0 Å². The summed E-state index contributed by atoms with van der Waals surface area (Å²) >= 11 is 0. The first-order valence-corrected chi connectivity index (χ1v) is 9.36. The molecule has 1 N–H and O–H groups in total. The summed E-state index contributed by atoms with van der Waals surface area (Å²) in [6.07, 6.45) is 0. The molecule has 1 saturated heterocycles. The second-order valence-electron chi connectivity index (χ2n) is 5.76. The standard InChI is InChI=1S/C17H22N2O3S.ClH/c1-3-22-16-8-9-17(15-7-5-4-6-14(15)16)23(20,21)19-11-10-18-13(2)12-19;/h4-9,13,18H,3,10-12H2,1-2H3;1H. The Morgan fingerprint density at radius 1 is 1.21 bits per heavy atom. The third kappa shape index (κ3) is 3.52. The first kappa shape index (κ1) is 19.0. The molecule has 0 radical (unpaired) electrons. The summed E-state index contributed by atoms with van der Waals surface area (Å²) in [5.41, 5.74) is 0. The lowest BCUT2D eigenvalue weighted by Gasteiger charge is -2.31. The number of hydrogen-bond acceptors (Lipinski definition) is 4. The van der Waals surface area contributed by atoms with Crippen molar-refractivity contribution in [1.82, 2.24) is 9.62 Å². The van der Waals surface area contributed by atoms with E-state index in [0.717, 1.165) is 11.1 Å². The highest BCUT2D eigenvalue weighted by Gasteiger charge is 2.30. The molecule has 1 aliphatic heterocycles. The van der Waals surface area contributed by atoms with Crippen molar-refractivity contribution in [2.24, 2.45) is 0 Å². The molecule has 2 aromatic rings. The molecule has 1 atom stereocenters. The van der Waals surface area contributed by atoms with Gasteiger partial charge in [0, 0.05) is 36.4 Å². The van der Waals surface area contributed by atoms with Crippen LogP contribution in [0.2, 0.25) is 0 Å². The van der Waals surface area contributed by atoms with Crippen LogP contribution in [0, 0.1) is 0 Å². The normalized spacial score (nSPS) is 19.0. The first-order valence-electron chi connectivity index (χ1n) is 7.92. The largest absolute Gasteiger partial charge is 0.493 e. The third-order valence-electron chi connectivity index (χ3n) is 4.09. The fourth-order valence-corrected chi connectivity index (χ4v) is 4.73. The number of nitrogens with one attached hydrogen (secondary N) is 1. The van der Waals surface area contributed by atoms with Gasteiger partial charge in [0.05, 0.1) is 11.5 Å². The number of ether oxygens (including phenoxy) is 1. The zero-order chi connectivity index (χ0) is 16.4. The Labute approximate surface area is 149 Å². The molecule has 7 heteroatoms. The first-order chi connectivity index (χ1) is 11.0. The van der Waals surface area contributed by atoms with Crippen LogP contribution in [0.3, 0.4) is 0 Å². The molecule has 1 unspecified atom stereocenters. The summed E-state index contributed by atoms with van der Waals surface area (Å²) < 4.78 is 33.3.